The van der Waals surface area contributed by atoms with Crippen LogP contribution in [-0.2, 0) is 17.9 Å². The zero-order valence-electron chi connectivity index (χ0n) is 15.6. The molecule has 1 unspecified atom stereocenters. The van der Waals surface area contributed by atoms with Gasteiger partial charge in [-0.15, -0.1) is 24.0 Å². The molecule has 1 aromatic carbocycles. The molecule has 1 aliphatic heterocycles. The Labute approximate surface area is 180 Å². The molecule has 9 heteroatoms. The van der Waals surface area contributed by atoms with Crippen molar-refractivity contribution < 1.29 is 17.9 Å². The number of nitrogens with zero attached hydrogens (tertiary/aromatic N) is 2. The molecule has 0 bridgehead atoms. The zero-order valence-corrected chi connectivity index (χ0v) is 18.7. The second-order valence-electron chi connectivity index (χ2n) is 6.17. The van der Waals surface area contributed by atoms with Gasteiger partial charge >= 0.3 is 6.18 Å². The van der Waals surface area contributed by atoms with E-state index in [0.29, 0.717) is 11.8 Å². The highest BCUT2D eigenvalue weighted by Crippen LogP contribution is 2.21. The minimum absolute atomic E-state index is 0. The van der Waals surface area contributed by atoms with Crippen molar-refractivity contribution in [1.29, 1.82) is 0 Å². The lowest BCUT2D eigenvalue weighted by molar-refractivity contribution is -0.176. The second kappa shape index (κ2) is 12.0. The van der Waals surface area contributed by atoms with Crippen LogP contribution in [0.1, 0.15) is 24.5 Å². The number of hydrogen-bond acceptors (Lipinski definition) is 3. The number of benzene rings is 1. The van der Waals surface area contributed by atoms with Gasteiger partial charge in [-0.1, -0.05) is 31.2 Å². The van der Waals surface area contributed by atoms with Crippen molar-refractivity contribution in [2.75, 3.05) is 32.5 Å². The molecular weight excluding hydrogens is 490 g/mol. The fourth-order valence-electron chi connectivity index (χ4n) is 2.71. The summed E-state index contributed by atoms with van der Waals surface area (Å²) < 4.78 is 40.9. The van der Waals surface area contributed by atoms with Crippen molar-refractivity contribution in [3.8, 4) is 0 Å². The van der Waals surface area contributed by atoms with E-state index < -0.39 is 12.8 Å². The highest BCUT2D eigenvalue weighted by Gasteiger charge is 2.27. The summed E-state index contributed by atoms with van der Waals surface area (Å²) in [4.78, 5) is 6.65. The summed E-state index contributed by atoms with van der Waals surface area (Å²) in [6, 6.07) is 7.38. The van der Waals surface area contributed by atoms with Crippen LogP contribution >= 0.6 is 35.7 Å². The first-order valence-corrected chi connectivity index (χ1v) is 9.75. The number of guanidine groups is 1. The topological polar surface area (TPSA) is 36.9 Å². The van der Waals surface area contributed by atoms with Gasteiger partial charge in [-0.25, -0.2) is 0 Å². The maximum atomic E-state index is 12.1. The van der Waals surface area contributed by atoms with Crippen molar-refractivity contribution in [2.45, 2.75) is 37.9 Å². The van der Waals surface area contributed by atoms with Crippen LogP contribution in [0.15, 0.2) is 29.3 Å². The number of halogens is 4. The summed E-state index contributed by atoms with van der Waals surface area (Å²) in [5.74, 6) is 1.99. The highest BCUT2D eigenvalue weighted by atomic mass is 127. The third-order valence-electron chi connectivity index (χ3n) is 4.11. The Balaban J connectivity index is 0.00000364. The van der Waals surface area contributed by atoms with E-state index in [-0.39, 0.29) is 30.6 Å². The maximum Gasteiger partial charge on any atom is 0.411 e. The first-order chi connectivity index (χ1) is 12.4. The van der Waals surface area contributed by atoms with Crippen LogP contribution in [0.4, 0.5) is 13.2 Å². The quantitative estimate of drug-likeness (QED) is 0.347. The third-order valence-corrected chi connectivity index (χ3v) is 5.49. The predicted molar refractivity (Wildman–Crippen MR) is 116 cm³/mol. The fraction of sp³-hybridized carbons (Fsp3) is 0.611. The molecule has 1 N–H and O–H groups in total. The van der Waals surface area contributed by atoms with Gasteiger partial charge in [0.1, 0.15) is 6.61 Å². The van der Waals surface area contributed by atoms with Crippen molar-refractivity contribution in [2.24, 2.45) is 4.99 Å². The molecule has 2 rings (SSSR count). The molecule has 1 aromatic rings. The van der Waals surface area contributed by atoms with Gasteiger partial charge in [-0.3, -0.25) is 4.99 Å². The van der Waals surface area contributed by atoms with Crippen LogP contribution in [0.5, 0.6) is 0 Å². The summed E-state index contributed by atoms with van der Waals surface area (Å²) in [6.45, 7) is 3.54. The van der Waals surface area contributed by atoms with Crippen molar-refractivity contribution in [1.82, 2.24) is 10.2 Å². The molecule has 154 valence electrons. The molecular formula is C18H27F3IN3OS. The summed E-state index contributed by atoms with van der Waals surface area (Å²) >= 11 is 2.01. The van der Waals surface area contributed by atoms with E-state index in [4.69, 9.17) is 0 Å². The molecule has 0 spiro atoms. The first kappa shape index (κ1) is 24.4. The summed E-state index contributed by atoms with van der Waals surface area (Å²) in [5, 5.41) is 4.01. The van der Waals surface area contributed by atoms with Crippen molar-refractivity contribution in [3.05, 3.63) is 35.4 Å². The number of aliphatic imine (C=N–C) groups is 1. The Morgan fingerprint density at radius 1 is 1.30 bits per heavy atom. The normalized spacial score (nSPS) is 18.2. The Bertz CT molecular complexity index is 584. The van der Waals surface area contributed by atoms with Gasteiger partial charge in [0.05, 0.1) is 6.61 Å². The number of nitrogens with one attached hydrogen (secondary N) is 1. The van der Waals surface area contributed by atoms with Gasteiger partial charge in [-0.2, -0.15) is 24.9 Å². The van der Waals surface area contributed by atoms with Crippen LogP contribution in [-0.4, -0.2) is 54.8 Å². The Kier molecular flexibility index (Phi) is 10.8. The molecule has 4 nitrogen and oxygen atoms in total. The van der Waals surface area contributed by atoms with E-state index >= 15 is 0 Å². The zero-order chi connectivity index (χ0) is 19.0. The van der Waals surface area contributed by atoms with E-state index in [0.717, 1.165) is 42.3 Å². The molecule has 1 saturated heterocycles. The molecule has 0 saturated carbocycles. The van der Waals surface area contributed by atoms with Crippen LogP contribution in [0.3, 0.4) is 0 Å². The number of rotatable bonds is 6. The van der Waals surface area contributed by atoms with Gasteiger partial charge in [-0.05, 0) is 17.5 Å². The van der Waals surface area contributed by atoms with E-state index in [1.165, 1.54) is 0 Å². The van der Waals surface area contributed by atoms with Crippen LogP contribution in [0.25, 0.3) is 0 Å². The maximum absolute atomic E-state index is 12.1. The predicted octanol–water partition coefficient (Wildman–Crippen LogP) is 4.29. The number of alkyl halides is 3. The smallest absolute Gasteiger partial charge is 0.367 e. The van der Waals surface area contributed by atoms with Gasteiger partial charge < -0.3 is 15.0 Å². The Morgan fingerprint density at radius 2 is 1.96 bits per heavy atom. The van der Waals surface area contributed by atoms with E-state index in [2.05, 4.69) is 26.9 Å². The largest absolute Gasteiger partial charge is 0.411 e. The summed E-state index contributed by atoms with van der Waals surface area (Å²) in [6.07, 6.45) is -3.14. The average molecular weight is 517 g/mol. The average Bonchev–Trinajstić information content (AvgIpc) is 2.62. The van der Waals surface area contributed by atoms with E-state index in [1.807, 2.05) is 23.9 Å². The molecule has 1 atom stereocenters. The van der Waals surface area contributed by atoms with Crippen LogP contribution in [0.2, 0.25) is 0 Å². The summed E-state index contributed by atoms with van der Waals surface area (Å²) in [7, 11) is 1.78. The highest BCUT2D eigenvalue weighted by molar-refractivity contribution is 14.0. The fourth-order valence-corrected chi connectivity index (χ4v) is 3.89. The monoisotopic (exact) mass is 517 g/mol. The van der Waals surface area contributed by atoms with Gasteiger partial charge in [0, 0.05) is 37.7 Å². The van der Waals surface area contributed by atoms with Crippen molar-refractivity contribution in [3.63, 3.8) is 0 Å². The van der Waals surface area contributed by atoms with Crippen LogP contribution in [0, 0.1) is 0 Å². The molecule has 1 heterocycles. The van der Waals surface area contributed by atoms with Gasteiger partial charge in [0.2, 0.25) is 0 Å². The van der Waals surface area contributed by atoms with E-state index in [1.54, 1.807) is 19.2 Å². The van der Waals surface area contributed by atoms with Gasteiger partial charge in [0.15, 0.2) is 5.96 Å². The number of thioether (sulfide) groups is 1. The molecule has 0 aliphatic carbocycles. The van der Waals surface area contributed by atoms with Crippen LogP contribution < -0.4 is 5.32 Å². The lowest BCUT2D eigenvalue weighted by atomic mass is 10.1. The molecule has 0 amide bonds. The SMILES string of the molecule is CCC1CN(C(=NC)NCc2ccc(COCC(F)(F)F)cc2)CCS1.I. The second-order valence-corrected chi connectivity index (χ2v) is 7.58. The molecule has 0 aromatic heterocycles. The minimum Gasteiger partial charge on any atom is -0.367 e. The lowest BCUT2D eigenvalue weighted by Crippen LogP contribution is -2.47. The molecule has 27 heavy (non-hydrogen) atoms. The minimum atomic E-state index is -4.29. The number of hydrogen-bond donors (Lipinski definition) is 1. The lowest BCUT2D eigenvalue weighted by Gasteiger charge is -2.34. The summed E-state index contributed by atoms with van der Waals surface area (Å²) in [5.41, 5.74) is 1.77. The third kappa shape index (κ3) is 8.91. The first-order valence-electron chi connectivity index (χ1n) is 8.70. The molecule has 0 radical (unpaired) electrons. The Morgan fingerprint density at radius 3 is 2.56 bits per heavy atom. The van der Waals surface area contributed by atoms with Gasteiger partial charge in [0.25, 0.3) is 0 Å². The Hall–Kier alpha value is -0.680. The van der Waals surface area contributed by atoms with Crippen molar-refractivity contribution >= 4 is 41.7 Å². The van der Waals surface area contributed by atoms with E-state index in [9.17, 15) is 13.2 Å². The number of ether oxygens (including phenoxy) is 1. The standard InChI is InChI=1S/C18H26F3N3OS.HI/c1-3-16-11-24(8-9-26-16)17(22-2)23-10-14-4-6-15(7-5-14)12-25-13-18(19,20)21;/h4-7,16H,3,8-13H2,1-2H3,(H,22,23);1H. The molecule has 1 fully saturated rings. The molecule has 1 aliphatic rings.